The maximum atomic E-state index is 11.1. The van der Waals surface area contributed by atoms with Crippen molar-refractivity contribution in [2.75, 3.05) is 0 Å². The predicted molar refractivity (Wildman–Crippen MR) is 117 cm³/mol. The molecule has 0 saturated carbocycles. The van der Waals surface area contributed by atoms with Crippen LogP contribution < -0.4 is 10.3 Å². The number of hydrogen-bond donors (Lipinski definition) is 3. The maximum Gasteiger partial charge on any atom is 0.302 e. The Morgan fingerprint density at radius 1 is 0.848 bits per heavy atom. The summed E-state index contributed by atoms with van der Waals surface area (Å²) in [6.45, 7) is 1.34. The highest BCUT2D eigenvalue weighted by Gasteiger charge is 2.15. The topological polar surface area (TPSA) is 193 Å². The molecule has 5 N–H and O–H groups in total. The molecular weight excluding hydrogens is 476 g/mol. The molecule has 0 amide bonds. The first-order valence-corrected chi connectivity index (χ1v) is 12.3. The third kappa shape index (κ3) is 6.18. The van der Waals surface area contributed by atoms with E-state index in [-0.39, 0.29) is 29.4 Å². The molecule has 0 bridgehead atoms. The first-order valence-electron chi connectivity index (χ1n) is 9.21. The summed E-state index contributed by atoms with van der Waals surface area (Å²) in [6.07, 6.45) is 0. The minimum absolute atomic E-state index is 0.105. The molecule has 4 rings (SSSR count). The molecule has 13 heteroatoms. The smallest absolute Gasteiger partial charge is 0.302 e. The number of furan rings is 2. The number of ether oxygens (including phenoxy) is 1. The van der Waals surface area contributed by atoms with Crippen LogP contribution in [0.5, 0.6) is 0 Å². The summed E-state index contributed by atoms with van der Waals surface area (Å²) in [5, 5.41) is 19.4. The van der Waals surface area contributed by atoms with Gasteiger partial charge in [0.25, 0.3) is 20.0 Å². The van der Waals surface area contributed by atoms with Crippen LogP contribution in [0.25, 0.3) is 21.9 Å². The molecule has 176 valence electrons. The van der Waals surface area contributed by atoms with Crippen LogP contribution in [0, 0.1) is 0 Å². The van der Waals surface area contributed by atoms with Crippen molar-refractivity contribution in [1.29, 1.82) is 0 Å². The lowest BCUT2D eigenvalue weighted by Crippen LogP contribution is -2.10. The van der Waals surface area contributed by atoms with Crippen molar-refractivity contribution < 1.29 is 40.3 Å². The molecule has 0 spiro atoms. The molecule has 2 aromatic carbocycles. The highest BCUT2D eigenvalue weighted by molar-refractivity contribution is 7.89. The van der Waals surface area contributed by atoms with Gasteiger partial charge in [-0.25, -0.2) is 27.1 Å². The Labute approximate surface area is 188 Å². The van der Waals surface area contributed by atoms with Crippen LogP contribution in [0.3, 0.4) is 0 Å². The number of rotatable bonds is 5. The first-order chi connectivity index (χ1) is 15.4. The summed E-state index contributed by atoms with van der Waals surface area (Å²) >= 11 is 0. The standard InChI is InChI=1S/C11H11NO5S.C9H9NO4S/c1-7(13)16-6-8-2-3-10-9(4-8)5-11(17-10)18(12,14)15;10-15(12,13)9-4-7-3-6(5-11)1-2-8(7)14-9/h2-5H,6H2,1H3,(H2,12,14,15);1-4,11H,5H2,(H2,10,12,13). The number of sulfonamides is 2. The summed E-state index contributed by atoms with van der Waals surface area (Å²) in [5.74, 6) is -0.382. The number of fused-ring (bicyclic) bond motifs is 2. The summed E-state index contributed by atoms with van der Waals surface area (Å²) in [4.78, 5) is 10.7. The van der Waals surface area contributed by atoms with E-state index in [1.807, 2.05) is 0 Å². The molecule has 2 aromatic heterocycles. The minimum atomic E-state index is -3.86. The van der Waals surface area contributed by atoms with E-state index < -0.39 is 20.0 Å². The van der Waals surface area contributed by atoms with Crippen molar-refractivity contribution in [3.8, 4) is 0 Å². The Morgan fingerprint density at radius 2 is 1.30 bits per heavy atom. The Morgan fingerprint density at radius 3 is 1.73 bits per heavy atom. The zero-order valence-electron chi connectivity index (χ0n) is 17.2. The Bertz CT molecular complexity index is 1530. The summed E-state index contributed by atoms with van der Waals surface area (Å²) < 4.78 is 59.2. The van der Waals surface area contributed by atoms with Crippen LogP contribution in [0.15, 0.2) is 67.5 Å². The molecule has 0 atom stereocenters. The fraction of sp³-hybridized carbons (Fsp3) is 0.150. The number of esters is 1. The van der Waals surface area contributed by atoms with Crippen LogP contribution in [-0.4, -0.2) is 27.9 Å². The molecule has 0 saturated heterocycles. The first kappa shape index (κ1) is 24.4. The lowest BCUT2D eigenvalue weighted by atomic mass is 10.2. The molecule has 2 heterocycles. The van der Waals surface area contributed by atoms with Crippen molar-refractivity contribution in [2.24, 2.45) is 10.3 Å². The third-order valence-electron chi connectivity index (χ3n) is 4.30. The zero-order valence-corrected chi connectivity index (χ0v) is 18.9. The quantitative estimate of drug-likeness (QED) is 0.345. The molecule has 33 heavy (non-hydrogen) atoms. The van der Waals surface area contributed by atoms with Gasteiger partial charge < -0.3 is 18.7 Å². The lowest BCUT2D eigenvalue weighted by Gasteiger charge is -2.01. The number of benzene rings is 2. The van der Waals surface area contributed by atoms with E-state index in [2.05, 4.69) is 0 Å². The van der Waals surface area contributed by atoms with Crippen LogP contribution in [0.4, 0.5) is 0 Å². The largest absolute Gasteiger partial charge is 0.461 e. The normalized spacial score (nSPS) is 11.9. The molecule has 11 nitrogen and oxygen atoms in total. The Balaban J connectivity index is 0.000000189. The van der Waals surface area contributed by atoms with Gasteiger partial charge in [0.1, 0.15) is 17.8 Å². The summed E-state index contributed by atoms with van der Waals surface area (Å²) in [5.41, 5.74) is 2.26. The van der Waals surface area contributed by atoms with E-state index in [4.69, 9.17) is 29.0 Å². The van der Waals surface area contributed by atoms with Gasteiger partial charge in [0.15, 0.2) is 0 Å². The summed E-state index contributed by atoms with van der Waals surface area (Å²) in [7, 11) is -7.67. The van der Waals surface area contributed by atoms with Gasteiger partial charge in [-0.15, -0.1) is 0 Å². The molecule has 0 radical (unpaired) electrons. The zero-order chi connectivity index (χ0) is 24.4. The van der Waals surface area contributed by atoms with E-state index in [1.54, 1.807) is 36.4 Å². The predicted octanol–water partition coefficient (Wildman–Crippen LogP) is 1.72. The molecule has 0 aliphatic rings. The number of aliphatic hydroxyl groups is 1. The van der Waals surface area contributed by atoms with Crippen LogP contribution >= 0.6 is 0 Å². The van der Waals surface area contributed by atoms with Crippen molar-refractivity contribution in [2.45, 2.75) is 30.3 Å². The summed E-state index contributed by atoms with van der Waals surface area (Å²) in [6, 6.07) is 12.5. The van der Waals surface area contributed by atoms with Gasteiger partial charge >= 0.3 is 5.97 Å². The number of carbonyl (C=O) groups is 1. The van der Waals surface area contributed by atoms with Crippen LogP contribution in [0.2, 0.25) is 0 Å². The second-order valence-corrected chi connectivity index (χ2v) is 9.89. The lowest BCUT2D eigenvalue weighted by molar-refractivity contribution is -0.142. The van der Waals surface area contributed by atoms with Crippen LogP contribution in [-0.2, 0) is 42.8 Å². The molecular formula is C20H20N2O9S2. The monoisotopic (exact) mass is 496 g/mol. The molecule has 4 aromatic rings. The van der Waals surface area contributed by atoms with E-state index in [0.29, 0.717) is 27.5 Å². The Hall–Kier alpha value is -3.23. The molecule has 0 aliphatic carbocycles. The average Bonchev–Trinajstić information content (AvgIpc) is 3.35. The van der Waals surface area contributed by atoms with E-state index >= 15 is 0 Å². The maximum absolute atomic E-state index is 11.1. The average molecular weight is 497 g/mol. The number of aliphatic hydroxyl groups excluding tert-OH is 1. The van der Waals surface area contributed by atoms with Gasteiger partial charge in [-0.1, -0.05) is 12.1 Å². The number of primary sulfonamides is 2. The van der Waals surface area contributed by atoms with Crippen molar-refractivity contribution in [1.82, 2.24) is 0 Å². The van der Waals surface area contributed by atoms with Gasteiger partial charge in [-0.05, 0) is 35.4 Å². The highest BCUT2D eigenvalue weighted by Crippen LogP contribution is 2.24. The molecule has 0 unspecified atom stereocenters. The number of carbonyl (C=O) groups excluding carboxylic acids is 1. The van der Waals surface area contributed by atoms with Gasteiger partial charge in [0, 0.05) is 29.8 Å². The van der Waals surface area contributed by atoms with Gasteiger partial charge in [0.2, 0.25) is 10.2 Å². The van der Waals surface area contributed by atoms with Gasteiger partial charge in [-0.3, -0.25) is 4.79 Å². The third-order valence-corrected chi connectivity index (χ3v) is 5.83. The number of nitrogens with two attached hydrogens (primary N) is 2. The van der Waals surface area contributed by atoms with Gasteiger partial charge in [0.05, 0.1) is 6.61 Å². The van der Waals surface area contributed by atoms with E-state index in [0.717, 1.165) is 5.56 Å². The van der Waals surface area contributed by atoms with Crippen molar-refractivity contribution in [3.05, 3.63) is 59.7 Å². The van der Waals surface area contributed by atoms with E-state index in [1.165, 1.54) is 19.1 Å². The highest BCUT2D eigenvalue weighted by atomic mass is 32.2. The fourth-order valence-electron chi connectivity index (χ4n) is 2.79. The van der Waals surface area contributed by atoms with Crippen LogP contribution in [0.1, 0.15) is 18.1 Å². The van der Waals surface area contributed by atoms with E-state index in [9.17, 15) is 21.6 Å². The molecule has 0 fully saturated rings. The van der Waals surface area contributed by atoms with Gasteiger partial charge in [-0.2, -0.15) is 0 Å². The second kappa shape index (κ2) is 9.33. The SMILES string of the molecule is CC(=O)OCc1ccc2oc(S(N)(=O)=O)cc2c1.NS(=O)(=O)c1cc2cc(CO)ccc2o1. The Kier molecular flexibility index (Phi) is 6.90. The van der Waals surface area contributed by atoms with Crippen molar-refractivity contribution in [3.63, 3.8) is 0 Å². The number of hydrogen-bond acceptors (Lipinski definition) is 9. The fourth-order valence-corrected chi connectivity index (χ4v) is 3.78. The van der Waals surface area contributed by atoms with Crippen molar-refractivity contribution >= 4 is 48.0 Å². The molecule has 0 aliphatic heterocycles. The minimum Gasteiger partial charge on any atom is -0.461 e. The second-order valence-electron chi connectivity index (χ2n) is 6.90.